The molecule has 2 amide bonds. The number of carbonyl (C=O) groups excluding carboxylic acids is 3. The molecule has 0 unspecified atom stereocenters. The van der Waals surface area contributed by atoms with E-state index in [9.17, 15) is 14.4 Å². The average Bonchev–Trinajstić information content (AvgIpc) is 2.82. The minimum Gasteiger partial charge on any atom is -0.456 e. The van der Waals surface area contributed by atoms with Crippen LogP contribution in [0.1, 0.15) is 50.0 Å². The number of ether oxygens (including phenoxy) is 1. The topological polar surface area (TPSA) is 66.9 Å². The first-order chi connectivity index (χ1) is 12.2. The Morgan fingerprint density at radius 1 is 1.12 bits per heavy atom. The van der Waals surface area contributed by atoms with E-state index in [4.69, 9.17) is 4.74 Å². The molecule has 6 nitrogen and oxygen atoms in total. The quantitative estimate of drug-likeness (QED) is 0.703. The molecule has 0 saturated heterocycles. The van der Waals surface area contributed by atoms with Gasteiger partial charge in [-0.1, -0.05) is 24.8 Å². The van der Waals surface area contributed by atoms with Gasteiger partial charge in [0, 0.05) is 35.5 Å². The third-order valence-corrected chi connectivity index (χ3v) is 4.34. The van der Waals surface area contributed by atoms with Crippen molar-refractivity contribution in [3.63, 3.8) is 0 Å². The third-order valence-electron chi connectivity index (χ3n) is 4.34. The molecule has 0 saturated carbocycles. The van der Waals surface area contributed by atoms with Gasteiger partial charge in [0.15, 0.2) is 6.61 Å². The van der Waals surface area contributed by atoms with Gasteiger partial charge in [-0.15, -0.1) is 0 Å². The number of fused-ring (bicyclic) bond motifs is 1. The molecule has 0 atom stereocenters. The lowest BCUT2D eigenvalue weighted by Crippen LogP contribution is -2.44. The van der Waals surface area contributed by atoms with Gasteiger partial charge in [-0.05, 0) is 33.8 Å². The molecule has 0 aliphatic carbocycles. The first-order valence-electron chi connectivity index (χ1n) is 8.81. The van der Waals surface area contributed by atoms with Crippen LogP contribution in [0.25, 0.3) is 5.70 Å². The van der Waals surface area contributed by atoms with Crippen LogP contribution in [0.4, 0.5) is 0 Å². The van der Waals surface area contributed by atoms with Crippen molar-refractivity contribution in [1.29, 1.82) is 0 Å². The molecule has 0 bridgehead atoms. The molecular formula is C20H26N2O4. The number of nitrogens with zero attached hydrogens (tertiary/aromatic N) is 2. The van der Waals surface area contributed by atoms with E-state index in [1.165, 1.54) is 4.90 Å². The lowest BCUT2D eigenvalue weighted by Gasteiger charge is -2.30. The van der Waals surface area contributed by atoms with Gasteiger partial charge in [-0.25, -0.2) is 0 Å². The first-order valence-corrected chi connectivity index (χ1v) is 8.81. The van der Waals surface area contributed by atoms with E-state index < -0.39 is 5.97 Å². The second-order valence-electron chi connectivity index (χ2n) is 6.85. The smallest absolute Gasteiger partial charge is 0.308 e. The van der Waals surface area contributed by atoms with Crippen molar-refractivity contribution in [2.45, 2.75) is 46.2 Å². The number of esters is 1. The number of amides is 2. The van der Waals surface area contributed by atoms with E-state index in [2.05, 4.69) is 6.58 Å². The Kier molecular flexibility index (Phi) is 6.18. The molecule has 6 heteroatoms. The summed E-state index contributed by atoms with van der Waals surface area (Å²) < 4.78 is 5.09. The highest BCUT2D eigenvalue weighted by Gasteiger charge is 2.30. The standard InChI is InChI=1S/C20H26N2O4/c1-13(2)22(14(3)4)18(23)12-26-19(24)10-11-21-15(5)16-8-6-7-9-17(16)20(21)25/h6-9,13-14H,5,10-12H2,1-4H3. The summed E-state index contributed by atoms with van der Waals surface area (Å²) in [7, 11) is 0. The van der Waals surface area contributed by atoms with Gasteiger partial charge >= 0.3 is 5.97 Å². The van der Waals surface area contributed by atoms with E-state index >= 15 is 0 Å². The Labute approximate surface area is 154 Å². The van der Waals surface area contributed by atoms with Crippen LogP contribution in [0, 0.1) is 0 Å². The normalized spacial score (nSPS) is 13.4. The van der Waals surface area contributed by atoms with Crippen LogP contribution in [0.3, 0.4) is 0 Å². The van der Waals surface area contributed by atoms with E-state index in [1.807, 2.05) is 39.8 Å². The second-order valence-corrected chi connectivity index (χ2v) is 6.85. The zero-order valence-electron chi connectivity index (χ0n) is 15.8. The van der Waals surface area contributed by atoms with Crippen LogP contribution >= 0.6 is 0 Å². The van der Waals surface area contributed by atoms with Crippen molar-refractivity contribution in [3.05, 3.63) is 42.0 Å². The Bertz CT molecular complexity index is 681. The van der Waals surface area contributed by atoms with Gasteiger partial charge in [-0.3, -0.25) is 14.4 Å². The highest BCUT2D eigenvalue weighted by atomic mass is 16.5. The largest absolute Gasteiger partial charge is 0.456 e. The molecule has 1 aliphatic heterocycles. The minimum atomic E-state index is -0.512. The number of rotatable bonds is 7. The van der Waals surface area contributed by atoms with Crippen molar-refractivity contribution < 1.29 is 19.1 Å². The van der Waals surface area contributed by atoms with Crippen LogP contribution in [0.2, 0.25) is 0 Å². The first kappa shape index (κ1) is 19.7. The monoisotopic (exact) mass is 358 g/mol. The summed E-state index contributed by atoms with van der Waals surface area (Å²) in [6.45, 7) is 11.5. The van der Waals surface area contributed by atoms with Gasteiger partial charge < -0.3 is 14.5 Å². The summed E-state index contributed by atoms with van der Waals surface area (Å²) in [5.41, 5.74) is 1.95. The maximum absolute atomic E-state index is 12.4. The van der Waals surface area contributed by atoms with E-state index in [0.29, 0.717) is 11.3 Å². The van der Waals surface area contributed by atoms with Crippen molar-refractivity contribution in [1.82, 2.24) is 9.80 Å². The fourth-order valence-corrected chi connectivity index (χ4v) is 3.24. The molecule has 0 aromatic heterocycles. The molecule has 1 aliphatic rings. The van der Waals surface area contributed by atoms with Crippen molar-refractivity contribution in [2.24, 2.45) is 0 Å². The molecule has 0 radical (unpaired) electrons. The van der Waals surface area contributed by atoms with Crippen LogP contribution < -0.4 is 0 Å². The zero-order valence-corrected chi connectivity index (χ0v) is 15.8. The van der Waals surface area contributed by atoms with Crippen molar-refractivity contribution >= 4 is 23.5 Å². The van der Waals surface area contributed by atoms with Gasteiger partial charge in [0.2, 0.25) is 0 Å². The fourth-order valence-electron chi connectivity index (χ4n) is 3.24. The summed E-state index contributed by atoms with van der Waals surface area (Å²) in [5.74, 6) is -0.903. The van der Waals surface area contributed by atoms with Crippen LogP contribution in [-0.2, 0) is 14.3 Å². The molecule has 2 rings (SSSR count). The SMILES string of the molecule is C=C1c2ccccc2C(=O)N1CCC(=O)OCC(=O)N(C(C)C)C(C)C. The van der Waals surface area contributed by atoms with E-state index in [-0.39, 0.29) is 43.5 Å². The van der Waals surface area contributed by atoms with E-state index in [0.717, 1.165) is 5.56 Å². The zero-order chi connectivity index (χ0) is 19.4. The van der Waals surface area contributed by atoms with E-state index in [1.54, 1.807) is 17.0 Å². The predicted octanol–water partition coefficient (Wildman–Crippen LogP) is 2.69. The van der Waals surface area contributed by atoms with Crippen LogP contribution in [0.15, 0.2) is 30.8 Å². The maximum Gasteiger partial charge on any atom is 0.308 e. The molecule has 140 valence electrons. The number of hydrogen-bond acceptors (Lipinski definition) is 4. The highest BCUT2D eigenvalue weighted by Crippen LogP contribution is 2.31. The predicted molar refractivity (Wildman–Crippen MR) is 99.2 cm³/mol. The fraction of sp³-hybridized carbons (Fsp3) is 0.450. The van der Waals surface area contributed by atoms with Crippen molar-refractivity contribution in [2.75, 3.05) is 13.2 Å². The van der Waals surface area contributed by atoms with Gasteiger partial charge in [0.05, 0.1) is 6.42 Å². The molecule has 1 heterocycles. The molecule has 26 heavy (non-hydrogen) atoms. The van der Waals surface area contributed by atoms with Crippen LogP contribution in [-0.4, -0.2) is 52.8 Å². The lowest BCUT2D eigenvalue weighted by molar-refractivity contribution is -0.153. The summed E-state index contributed by atoms with van der Waals surface area (Å²) in [4.78, 5) is 39.7. The van der Waals surface area contributed by atoms with Gasteiger partial charge in [0.25, 0.3) is 11.8 Å². The van der Waals surface area contributed by atoms with Gasteiger partial charge in [0.1, 0.15) is 0 Å². The number of benzene rings is 1. The highest BCUT2D eigenvalue weighted by molar-refractivity contribution is 6.08. The number of carbonyl (C=O) groups is 3. The maximum atomic E-state index is 12.4. The molecule has 0 fully saturated rings. The minimum absolute atomic E-state index is 0.00931. The molecule has 1 aromatic carbocycles. The summed E-state index contributed by atoms with van der Waals surface area (Å²) in [5, 5.41) is 0. The Hall–Kier alpha value is -2.63. The van der Waals surface area contributed by atoms with Crippen molar-refractivity contribution in [3.8, 4) is 0 Å². The summed E-state index contributed by atoms with van der Waals surface area (Å²) in [6, 6.07) is 7.28. The molecule has 1 aromatic rings. The Balaban J connectivity index is 1.86. The molecular weight excluding hydrogens is 332 g/mol. The Morgan fingerprint density at radius 2 is 1.69 bits per heavy atom. The summed E-state index contributed by atoms with van der Waals surface area (Å²) >= 11 is 0. The molecule has 0 spiro atoms. The lowest BCUT2D eigenvalue weighted by atomic mass is 10.1. The average molecular weight is 358 g/mol. The van der Waals surface area contributed by atoms with Crippen LogP contribution in [0.5, 0.6) is 0 Å². The van der Waals surface area contributed by atoms with Gasteiger partial charge in [-0.2, -0.15) is 0 Å². The second kappa shape index (κ2) is 8.17. The Morgan fingerprint density at radius 3 is 2.23 bits per heavy atom. The summed E-state index contributed by atoms with van der Waals surface area (Å²) in [6.07, 6.45) is 0.00931. The third kappa shape index (κ3) is 4.12. The molecule has 0 N–H and O–H groups in total. The number of hydrogen-bond donors (Lipinski definition) is 0.